The summed E-state index contributed by atoms with van der Waals surface area (Å²) in [5.41, 5.74) is 1.86. The molecule has 0 bridgehead atoms. The second-order valence-electron chi connectivity index (χ2n) is 5.62. The number of anilines is 1. The zero-order chi connectivity index (χ0) is 17.9. The van der Waals surface area contributed by atoms with Crippen molar-refractivity contribution in [2.75, 3.05) is 19.4 Å². The van der Waals surface area contributed by atoms with Crippen LogP contribution in [0.4, 0.5) is 10.1 Å². The number of sulfonamides is 1. The van der Waals surface area contributed by atoms with E-state index in [4.69, 9.17) is 0 Å². The number of carbonyl (C=O) groups excluding carboxylic acids is 1. The molecule has 0 saturated heterocycles. The Morgan fingerprint density at radius 1 is 1.12 bits per heavy atom. The van der Waals surface area contributed by atoms with Gasteiger partial charge < -0.3 is 5.32 Å². The fourth-order valence-electron chi connectivity index (χ4n) is 2.09. The lowest BCUT2D eigenvalue weighted by Crippen LogP contribution is -2.22. The molecule has 0 radical (unpaired) electrons. The first kappa shape index (κ1) is 18.1. The highest BCUT2D eigenvalue weighted by Gasteiger charge is 2.18. The third-order valence-electron chi connectivity index (χ3n) is 3.54. The summed E-state index contributed by atoms with van der Waals surface area (Å²) in [4.78, 5) is 12.3. The summed E-state index contributed by atoms with van der Waals surface area (Å²) in [5.74, 6) is -0.666. The smallest absolute Gasteiger partial charge is 0.242 e. The van der Waals surface area contributed by atoms with Gasteiger partial charge in [0.15, 0.2) is 0 Å². The molecule has 2 aromatic rings. The maximum atomic E-state index is 12.9. The van der Waals surface area contributed by atoms with Crippen molar-refractivity contribution >= 4 is 21.6 Å². The minimum atomic E-state index is -3.58. The van der Waals surface area contributed by atoms with E-state index in [9.17, 15) is 17.6 Å². The lowest BCUT2D eigenvalue weighted by molar-refractivity contribution is -0.115. The highest BCUT2D eigenvalue weighted by atomic mass is 32.2. The number of benzene rings is 2. The Morgan fingerprint density at radius 2 is 1.75 bits per heavy atom. The number of hydrogen-bond donors (Lipinski definition) is 1. The Balaban J connectivity index is 2.20. The van der Waals surface area contributed by atoms with E-state index >= 15 is 0 Å². The Labute approximate surface area is 141 Å². The Morgan fingerprint density at radius 3 is 2.33 bits per heavy atom. The second-order valence-corrected chi connectivity index (χ2v) is 7.77. The van der Waals surface area contributed by atoms with E-state index in [2.05, 4.69) is 5.32 Å². The summed E-state index contributed by atoms with van der Waals surface area (Å²) in [6.45, 7) is 1.78. The Kier molecular flexibility index (Phi) is 5.36. The van der Waals surface area contributed by atoms with Crippen LogP contribution >= 0.6 is 0 Å². The number of hydrogen-bond acceptors (Lipinski definition) is 3. The first-order valence-electron chi connectivity index (χ1n) is 7.27. The highest BCUT2D eigenvalue weighted by molar-refractivity contribution is 7.89. The van der Waals surface area contributed by atoms with Gasteiger partial charge in [-0.25, -0.2) is 17.1 Å². The predicted molar refractivity (Wildman–Crippen MR) is 90.8 cm³/mol. The van der Waals surface area contributed by atoms with Crippen LogP contribution in [0.2, 0.25) is 0 Å². The second kappa shape index (κ2) is 7.11. The lowest BCUT2D eigenvalue weighted by Gasteiger charge is -2.14. The van der Waals surface area contributed by atoms with Crippen LogP contribution in [0.1, 0.15) is 11.1 Å². The number of amides is 1. The molecule has 0 aromatic heterocycles. The molecule has 0 unspecified atom stereocenters. The first-order chi connectivity index (χ1) is 11.2. The van der Waals surface area contributed by atoms with Crippen molar-refractivity contribution in [2.45, 2.75) is 18.2 Å². The Bertz CT molecular complexity index is 847. The molecule has 0 saturated carbocycles. The van der Waals surface area contributed by atoms with Crippen molar-refractivity contribution in [3.63, 3.8) is 0 Å². The van der Waals surface area contributed by atoms with Gasteiger partial charge in [-0.05, 0) is 42.3 Å². The number of nitrogens with one attached hydrogen (secondary N) is 1. The van der Waals surface area contributed by atoms with Gasteiger partial charge in [-0.1, -0.05) is 18.2 Å². The number of aryl methyl sites for hydroxylation is 1. The van der Waals surface area contributed by atoms with Crippen LogP contribution in [-0.2, 0) is 21.2 Å². The molecule has 0 aliphatic heterocycles. The summed E-state index contributed by atoms with van der Waals surface area (Å²) in [7, 11) is -0.682. The molecule has 1 amide bonds. The van der Waals surface area contributed by atoms with E-state index in [1.54, 1.807) is 13.0 Å². The van der Waals surface area contributed by atoms with E-state index in [0.29, 0.717) is 11.3 Å². The molecule has 128 valence electrons. The quantitative estimate of drug-likeness (QED) is 0.901. The topological polar surface area (TPSA) is 66.5 Å². The van der Waals surface area contributed by atoms with Gasteiger partial charge in [-0.2, -0.15) is 0 Å². The van der Waals surface area contributed by atoms with E-state index < -0.39 is 10.0 Å². The van der Waals surface area contributed by atoms with Crippen molar-refractivity contribution in [3.05, 3.63) is 59.4 Å². The zero-order valence-corrected chi connectivity index (χ0v) is 14.5. The van der Waals surface area contributed by atoms with Crippen LogP contribution in [0.5, 0.6) is 0 Å². The summed E-state index contributed by atoms with van der Waals surface area (Å²) < 4.78 is 38.4. The van der Waals surface area contributed by atoms with Gasteiger partial charge in [-0.15, -0.1) is 0 Å². The minimum Gasteiger partial charge on any atom is -0.326 e. The summed E-state index contributed by atoms with van der Waals surface area (Å²) in [6, 6.07) is 10.2. The average molecular weight is 350 g/mol. The molecular weight excluding hydrogens is 331 g/mol. The van der Waals surface area contributed by atoms with Crippen LogP contribution in [0.15, 0.2) is 47.4 Å². The Hall–Kier alpha value is -2.25. The molecule has 7 heteroatoms. The maximum Gasteiger partial charge on any atom is 0.242 e. The van der Waals surface area contributed by atoms with Crippen LogP contribution in [-0.4, -0.2) is 32.7 Å². The fourth-order valence-corrected chi connectivity index (χ4v) is 3.02. The molecule has 0 aliphatic carbocycles. The number of rotatable bonds is 5. The van der Waals surface area contributed by atoms with E-state index in [1.807, 2.05) is 0 Å². The van der Waals surface area contributed by atoms with Crippen LogP contribution < -0.4 is 5.32 Å². The van der Waals surface area contributed by atoms with Crippen molar-refractivity contribution in [2.24, 2.45) is 0 Å². The molecule has 0 heterocycles. The molecule has 1 N–H and O–H groups in total. The van der Waals surface area contributed by atoms with E-state index in [0.717, 1.165) is 9.87 Å². The zero-order valence-electron chi connectivity index (χ0n) is 13.7. The number of nitrogens with zero attached hydrogens (tertiary/aromatic N) is 1. The molecule has 0 atom stereocenters. The molecule has 0 aliphatic rings. The SMILES string of the molecule is Cc1ccc(S(=O)(=O)N(C)C)cc1NC(=O)Cc1ccc(F)cc1. The van der Waals surface area contributed by atoms with Crippen LogP contribution in [0.25, 0.3) is 0 Å². The molecule has 24 heavy (non-hydrogen) atoms. The standard InChI is InChI=1S/C17H19FN2O3S/c1-12-4-9-15(24(22,23)20(2)3)11-16(12)19-17(21)10-13-5-7-14(18)8-6-13/h4-9,11H,10H2,1-3H3,(H,19,21). The van der Waals surface area contributed by atoms with Gasteiger partial charge in [0.1, 0.15) is 5.82 Å². The fraction of sp³-hybridized carbons (Fsp3) is 0.235. The van der Waals surface area contributed by atoms with E-state index in [-0.39, 0.29) is 23.0 Å². The summed E-state index contributed by atoms with van der Waals surface area (Å²) in [5, 5.41) is 2.71. The van der Waals surface area contributed by atoms with Crippen LogP contribution in [0.3, 0.4) is 0 Å². The molecular formula is C17H19FN2O3S. The predicted octanol–water partition coefficient (Wildman–Crippen LogP) is 2.57. The van der Waals surface area contributed by atoms with Crippen molar-refractivity contribution < 1.29 is 17.6 Å². The molecule has 0 fully saturated rings. The normalized spacial score (nSPS) is 11.5. The number of carbonyl (C=O) groups is 1. The van der Waals surface area contributed by atoms with Gasteiger partial charge in [0.05, 0.1) is 11.3 Å². The van der Waals surface area contributed by atoms with Crippen molar-refractivity contribution in [1.82, 2.24) is 4.31 Å². The summed E-state index contributed by atoms with van der Waals surface area (Å²) >= 11 is 0. The molecule has 0 spiro atoms. The molecule has 2 aromatic carbocycles. The lowest BCUT2D eigenvalue weighted by atomic mass is 10.1. The van der Waals surface area contributed by atoms with Gasteiger partial charge in [-0.3, -0.25) is 4.79 Å². The van der Waals surface area contributed by atoms with Crippen molar-refractivity contribution in [3.8, 4) is 0 Å². The minimum absolute atomic E-state index is 0.0738. The highest BCUT2D eigenvalue weighted by Crippen LogP contribution is 2.22. The molecule has 5 nitrogen and oxygen atoms in total. The average Bonchev–Trinajstić information content (AvgIpc) is 2.51. The maximum absolute atomic E-state index is 12.9. The third kappa shape index (κ3) is 4.18. The number of halogens is 1. The largest absolute Gasteiger partial charge is 0.326 e. The van der Waals surface area contributed by atoms with Gasteiger partial charge in [0, 0.05) is 19.8 Å². The molecule has 2 rings (SSSR count). The first-order valence-corrected chi connectivity index (χ1v) is 8.71. The van der Waals surface area contributed by atoms with Crippen molar-refractivity contribution in [1.29, 1.82) is 0 Å². The van der Waals surface area contributed by atoms with E-state index in [1.165, 1.54) is 50.5 Å². The van der Waals surface area contributed by atoms with Gasteiger partial charge in [0.2, 0.25) is 15.9 Å². The van der Waals surface area contributed by atoms with Gasteiger partial charge in [0.25, 0.3) is 0 Å². The van der Waals surface area contributed by atoms with Gasteiger partial charge >= 0.3 is 0 Å². The summed E-state index contributed by atoms with van der Waals surface area (Å²) in [6.07, 6.45) is 0.0738. The monoisotopic (exact) mass is 350 g/mol. The van der Waals surface area contributed by atoms with Crippen LogP contribution in [0, 0.1) is 12.7 Å². The third-order valence-corrected chi connectivity index (χ3v) is 5.35.